The fraction of sp³-hybridized carbons (Fsp3) is 0.600. The second-order valence-electron chi connectivity index (χ2n) is 13.0. The van der Waals surface area contributed by atoms with E-state index in [9.17, 15) is 22.0 Å². The molecule has 2 heterocycles. The number of aromatic nitrogens is 4. The lowest BCUT2D eigenvalue weighted by Crippen LogP contribution is -2.36. The first-order chi connectivity index (χ1) is 20.7. The number of hydrogen-bond acceptors (Lipinski definition) is 8. The minimum atomic E-state index is -4.24. The van der Waals surface area contributed by atoms with E-state index in [1.807, 2.05) is 13.8 Å². The number of fused-ring (bicyclic) bond motifs is 1. The van der Waals surface area contributed by atoms with Crippen molar-refractivity contribution in [1.82, 2.24) is 24.4 Å². The summed E-state index contributed by atoms with van der Waals surface area (Å²) in [5.41, 5.74) is -1.32. The standard InChI is InChI=1S/C30H38F3N7O3S/c1-17(2)40-26-23(15-34-28(37-26)35-19-7-9-20(10-8-19)39(3)4)36-25(27(40)41)18-6-11-22(21(31)14-18)38-44(42,43)16-24-29(12-5-13-29)30(24,32)33/h6,11,14-15,17,19-20,24,38H,5,7-10,12-13,16H2,1-4H3,(H,34,35,37). The number of nitrogens with zero attached hydrogens (tertiary/aromatic N) is 5. The maximum atomic E-state index is 15.2. The molecule has 1 unspecified atom stereocenters. The zero-order valence-electron chi connectivity index (χ0n) is 25.3. The van der Waals surface area contributed by atoms with E-state index >= 15 is 4.39 Å². The largest absolute Gasteiger partial charge is 0.351 e. The molecule has 3 saturated carbocycles. The fourth-order valence-electron chi connectivity index (χ4n) is 6.93. The molecule has 3 aromatic rings. The Morgan fingerprint density at radius 1 is 1.11 bits per heavy atom. The van der Waals surface area contributed by atoms with Gasteiger partial charge in [0.1, 0.15) is 17.0 Å². The van der Waals surface area contributed by atoms with E-state index < -0.39 is 44.4 Å². The molecule has 0 amide bonds. The summed E-state index contributed by atoms with van der Waals surface area (Å²) in [6.07, 6.45) is 6.86. The average molecular weight is 634 g/mol. The van der Waals surface area contributed by atoms with Crippen LogP contribution in [0.3, 0.4) is 0 Å². The van der Waals surface area contributed by atoms with Gasteiger partial charge in [-0.2, -0.15) is 4.98 Å². The first kappa shape index (κ1) is 30.8. The van der Waals surface area contributed by atoms with E-state index in [0.29, 0.717) is 42.4 Å². The van der Waals surface area contributed by atoms with Crippen LogP contribution in [0.1, 0.15) is 64.8 Å². The normalized spacial score (nSPS) is 24.1. The van der Waals surface area contributed by atoms with E-state index in [1.54, 1.807) is 0 Å². The monoisotopic (exact) mass is 633 g/mol. The second-order valence-corrected chi connectivity index (χ2v) is 14.8. The molecule has 14 heteroatoms. The van der Waals surface area contributed by atoms with Crippen LogP contribution in [-0.2, 0) is 10.0 Å². The Labute approximate surface area is 254 Å². The van der Waals surface area contributed by atoms with E-state index in [0.717, 1.165) is 31.7 Å². The van der Waals surface area contributed by atoms with E-state index in [4.69, 9.17) is 0 Å². The van der Waals surface area contributed by atoms with E-state index in [-0.39, 0.29) is 29.0 Å². The molecule has 0 radical (unpaired) electrons. The number of rotatable bonds is 9. The third-order valence-corrected chi connectivity index (χ3v) is 11.0. The second kappa shape index (κ2) is 11.0. The summed E-state index contributed by atoms with van der Waals surface area (Å²) in [6.45, 7) is 3.66. The molecule has 6 rings (SSSR count). The van der Waals surface area contributed by atoms with Gasteiger partial charge in [-0.25, -0.2) is 31.6 Å². The van der Waals surface area contributed by atoms with Crippen molar-refractivity contribution in [3.8, 4) is 11.3 Å². The van der Waals surface area contributed by atoms with Crippen molar-refractivity contribution in [3.63, 3.8) is 0 Å². The smallest absolute Gasteiger partial charge is 0.278 e. The molecular weight excluding hydrogens is 595 g/mol. The number of nitrogens with one attached hydrogen (secondary N) is 2. The van der Waals surface area contributed by atoms with Crippen LogP contribution in [0.5, 0.6) is 0 Å². The first-order valence-electron chi connectivity index (χ1n) is 15.1. The summed E-state index contributed by atoms with van der Waals surface area (Å²) < 4.78 is 72.7. The van der Waals surface area contributed by atoms with Gasteiger partial charge in [-0.3, -0.25) is 14.1 Å². The fourth-order valence-corrected chi connectivity index (χ4v) is 8.48. The van der Waals surface area contributed by atoms with Crippen molar-refractivity contribution in [1.29, 1.82) is 0 Å². The molecule has 2 N–H and O–H groups in total. The summed E-state index contributed by atoms with van der Waals surface area (Å²) in [4.78, 5) is 29.4. The Morgan fingerprint density at radius 2 is 1.82 bits per heavy atom. The number of sulfonamides is 1. The molecule has 0 saturated heterocycles. The highest BCUT2D eigenvalue weighted by Gasteiger charge is 2.82. The average Bonchev–Trinajstić information content (AvgIpc) is 3.43. The van der Waals surface area contributed by atoms with Crippen LogP contribution >= 0.6 is 0 Å². The minimum absolute atomic E-state index is 0.0460. The van der Waals surface area contributed by atoms with Crippen LogP contribution in [0.2, 0.25) is 0 Å². The van der Waals surface area contributed by atoms with Gasteiger partial charge in [-0.05, 0) is 78.6 Å². The summed E-state index contributed by atoms with van der Waals surface area (Å²) in [5.74, 6) is -5.61. The quantitative estimate of drug-likeness (QED) is 0.337. The van der Waals surface area contributed by atoms with Gasteiger partial charge in [0, 0.05) is 29.1 Å². The molecule has 1 atom stereocenters. The van der Waals surface area contributed by atoms with Crippen LogP contribution in [0.25, 0.3) is 22.4 Å². The molecule has 1 spiro atoms. The number of alkyl halides is 2. The highest BCUT2D eigenvalue weighted by atomic mass is 32.2. The zero-order chi connectivity index (χ0) is 31.6. The Hall–Kier alpha value is -3.26. The Kier molecular flexibility index (Phi) is 7.67. The molecular formula is C30H38F3N7O3S. The lowest BCUT2D eigenvalue weighted by molar-refractivity contribution is 0.0284. The first-order valence-corrected chi connectivity index (χ1v) is 16.8. The highest BCUT2D eigenvalue weighted by Crippen LogP contribution is 2.75. The van der Waals surface area contributed by atoms with Gasteiger partial charge >= 0.3 is 0 Å². The maximum absolute atomic E-state index is 15.2. The van der Waals surface area contributed by atoms with Gasteiger partial charge < -0.3 is 10.2 Å². The topological polar surface area (TPSA) is 122 Å². The lowest BCUT2D eigenvalue weighted by Gasteiger charge is -2.32. The Morgan fingerprint density at radius 3 is 2.39 bits per heavy atom. The minimum Gasteiger partial charge on any atom is -0.351 e. The van der Waals surface area contributed by atoms with Crippen LogP contribution in [-0.4, -0.2) is 70.7 Å². The molecule has 3 aliphatic rings. The van der Waals surface area contributed by atoms with Crippen LogP contribution in [0.4, 0.5) is 24.8 Å². The van der Waals surface area contributed by atoms with Crippen LogP contribution in [0, 0.1) is 17.2 Å². The van der Waals surface area contributed by atoms with Crippen molar-refractivity contribution in [2.75, 3.05) is 29.9 Å². The summed E-state index contributed by atoms with van der Waals surface area (Å²) in [5, 5.41) is 3.40. The third-order valence-electron chi connectivity index (χ3n) is 9.73. The molecule has 0 bridgehead atoms. The van der Waals surface area contributed by atoms with Gasteiger partial charge in [0.05, 0.1) is 23.6 Å². The van der Waals surface area contributed by atoms with Crippen molar-refractivity contribution >= 4 is 32.8 Å². The Bertz CT molecular complexity index is 1750. The number of halogens is 3. The van der Waals surface area contributed by atoms with Crippen molar-refractivity contribution < 1.29 is 21.6 Å². The van der Waals surface area contributed by atoms with Gasteiger partial charge in [-0.1, -0.05) is 12.5 Å². The molecule has 3 fully saturated rings. The number of benzene rings is 1. The SMILES string of the molecule is CC(C)n1c(=O)c(-c2ccc(NS(=O)(=O)CC3C(F)(F)C34CCC4)c(F)c2)nc2cnc(NC3CCC(N(C)C)CC3)nc21. The highest BCUT2D eigenvalue weighted by molar-refractivity contribution is 7.92. The van der Waals surface area contributed by atoms with Gasteiger partial charge in [0.15, 0.2) is 5.65 Å². The molecule has 44 heavy (non-hydrogen) atoms. The summed E-state index contributed by atoms with van der Waals surface area (Å²) in [6, 6.07) is 4.02. The van der Waals surface area contributed by atoms with Gasteiger partial charge in [0.2, 0.25) is 16.0 Å². The van der Waals surface area contributed by atoms with Gasteiger partial charge in [0.25, 0.3) is 11.5 Å². The molecule has 3 aliphatic carbocycles. The molecule has 238 valence electrons. The van der Waals surface area contributed by atoms with Crippen LogP contribution < -0.4 is 15.6 Å². The number of hydrogen-bond donors (Lipinski definition) is 2. The predicted octanol–water partition coefficient (Wildman–Crippen LogP) is 5.04. The summed E-state index contributed by atoms with van der Waals surface area (Å²) in [7, 11) is -0.0630. The van der Waals surface area contributed by atoms with Crippen molar-refractivity contribution in [3.05, 3.63) is 40.6 Å². The van der Waals surface area contributed by atoms with E-state index in [2.05, 4.69) is 44.0 Å². The number of anilines is 2. The predicted molar refractivity (Wildman–Crippen MR) is 163 cm³/mol. The Balaban J connectivity index is 1.23. The maximum Gasteiger partial charge on any atom is 0.278 e. The molecule has 0 aliphatic heterocycles. The molecule has 1 aromatic carbocycles. The molecule has 10 nitrogen and oxygen atoms in total. The lowest BCUT2D eigenvalue weighted by atomic mass is 9.79. The van der Waals surface area contributed by atoms with Crippen molar-refractivity contribution in [2.45, 2.75) is 82.8 Å². The van der Waals surface area contributed by atoms with Crippen molar-refractivity contribution in [2.24, 2.45) is 11.3 Å². The van der Waals surface area contributed by atoms with E-state index in [1.165, 1.54) is 22.9 Å². The molecule has 2 aromatic heterocycles. The van der Waals surface area contributed by atoms with Crippen LogP contribution in [0.15, 0.2) is 29.2 Å². The summed E-state index contributed by atoms with van der Waals surface area (Å²) >= 11 is 0. The third kappa shape index (κ3) is 5.33. The van der Waals surface area contributed by atoms with Gasteiger partial charge in [-0.15, -0.1) is 0 Å². The zero-order valence-corrected chi connectivity index (χ0v) is 26.1.